The average Bonchev–Trinajstić information content (AvgIpc) is 2.16. The lowest BCUT2D eigenvalue weighted by Gasteiger charge is -2.22. The minimum Gasteiger partial charge on any atom is -0.450 e. The lowest BCUT2D eigenvalue weighted by Crippen LogP contribution is -2.21. The molecule has 0 saturated carbocycles. The van der Waals surface area contributed by atoms with E-state index >= 15 is 0 Å². The van der Waals surface area contributed by atoms with E-state index in [1.165, 1.54) is 0 Å². The quantitative estimate of drug-likeness (QED) is 0.352. The van der Waals surface area contributed by atoms with Crippen molar-refractivity contribution in [2.75, 3.05) is 6.61 Å². The van der Waals surface area contributed by atoms with Gasteiger partial charge in [-0.15, -0.1) is 6.42 Å². The molecule has 1 rings (SSSR count). The van der Waals surface area contributed by atoms with Crippen LogP contribution in [0.5, 0.6) is 0 Å². The Bertz CT molecular complexity index is 225. The molecule has 1 unspecified atom stereocenters. The first-order chi connectivity index (χ1) is 5.86. The van der Waals surface area contributed by atoms with Crippen LogP contribution in [0.25, 0.3) is 0 Å². The molecule has 0 aliphatic carbocycles. The van der Waals surface area contributed by atoms with E-state index in [1.807, 2.05) is 0 Å². The van der Waals surface area contributed by atoms with E-state index in [9.17, 15) is 0 Å². The zero-order valence-corrected chi connectivity index (χ0v) is 7.01. The number of hydrogen-bond donors (Lipinski definition) is 0. The Balaban J connectivity index is 2.39. The van der Waals surface area contributed by atoms with Gasteiger partial charge in [0.05, 0.1) is 6.61 Å². The van der Waals surface area contributed by atoms with Gasteiger partial charge in [-0.25, -0.2) is 0 Å². The summed E-state index contributed by atoms with van der Waals surface area (Å²) in [4.78, 5) is 0. The van der Waals surface area contributed by atoms with Crippen LogP contribution >= 0.6 is 0 Å². The normalized spacial score (nSPS) is 22.1. The number of ether oxygens (including phenoxy) is 2. The molecule has 0 N–H and O–H groups in total. The summed E-state index contributed by atoms with van der Waals surface area (Å²) in [5.74, 6) is 2.67. The predicted molar refractivity (Wildman–Crippen MR) is 46.2 cm³/mol. The van der Waals surface area contributed by atoms with E-state index in [0.29, 0.717) is 5.76 Å². The van der Waals surface area contributed by atoms with Gasteiger partial charge in [-0.3, -0.25) is 0 Å². The molecule has 0 aromatic rings. The van der Waals surface area contributed by atoms with E-state index < -0.39 is 0 Å². The Labute approximate surface area is 72.9 Å². The lowest BCUT2D eigenvalue weighted by atomic mass is 10.2. The summed E-state index contributed by atoms with van der Waals surface area (Å²) in [5.41, 5.74) is 2.53. The van der Waals surface area contributed by atoms with Gasteiger partial charge in [0.15, 0.2) is 0 Å². The van der Waals surface area contributed by atoms with Crippen LogP contribution in [0, 0.1) is 12.3 Å². The number of terminal acetylenes is 1. The van der Waals surface area contributed by atoms with Crippen LogP contribution in [0.4, 0.5) is 0 Å². The Kier molecular flexibility index (Phi) is 3.47. The van der Waals surface area contributed by atoms with Crippen LogP contribution in [0.1, 0.15) is 19.3 Å². The van der Waals surface area contributed by atoms with E-state index in [1.54, 1.807) is 0 Å². The minimum absolute atomic E-state index is 0.195. The van der Waals surface area contributed by atoms with E-state index in [-0.39, 0.29) is 6.29 Å². The zero-order valence-electron chi connectivity index (χ0n) is 7.01. The lowest BCUT2D eigenvalue weighted by molar-refractivity contribution is -0.134. The molecule has 1 atom stereocenters. The van der Waals surface area contributed by atoms with Gasteiger partial charge in [-0.1, -0.05) is 12.3 Å². The first-order valence-corrected chi connectivity index (χ1v) is 4.01. The van der Waals surface area contributed by atoms with Crippen molar-refractivity contribution >= 4 is 0 Å². The molecule has 0 spiro atoms. The second kappa shape index (κ2) is 4.66. The topological polar surface area (TPSA) is 18.5 Å². The summed E-state index contributed by atoms with van der Waals surface area (Å²) < 4.78 is 10.6. The summed E-state index contributed by atoms with van der Waals surface area (Å²) in [6, 6.07) is 0. The first-order valence-electron chi connectivity index (χ1n) is 4.01. The summed E-state index contributed by atoms with van der Waals surface area (Å²) in [5, 5.41) is 0. The van der Waals surface area contributed by atoms with Crippen molar-refractivity contribution in [2.45, 2.75) is 25.6 Å². The third-order valence-corrected chi connectivity index (χ3v) is 1.68. The molecular formula is C10H12O2. The van der Waals surface area contributed by atoms with E-state index in [4.69, 9.17) is 15.9 Å². The SMILES string of the molecule is C#CC(=C=C)OC1CCCCO1. The van der Waals surface area contributed by atoms with Gasteiger partial charge in [-0.2, -0.15) is 0 Å². The van der Waals surface area contributed by atoms with Gasteiger partial charge in [0, 0.05) is 6.42 Å². The highest BCUT2D eigenvalue weighted by Crippen LogP contribution is 2.15. The van der Waals surface area contributed by atoms with Crippen molar-refractivity contribution in [3.8, 4) is 12.3 Å². The molecule has 1 fully saturated rings. The molecule has 0 radical (unpaired) electrons. The molecule has 2 heteroatoms. The van der Waals surface area contributed by atoms with Crippen LogP contribution in [-0.2, 0) is 9.47 Å². The van der Waals surface area contributed by atoms with Crippen molar-refractivity contribution in [1.29, 1.82) is 0 Å². The molecule has 0 aromatic heterocycles. The number of rotatable bonds is 2. The molecule has 0 aromatic carbocycles. The molecular weight excluding hydrogens is 152 g/mol. The van der Waals surface area contributed by atoms with Crippen LogP contribution < -0.4 is 0 Å². The first kappa shape index (κ1) is 8.93. The molecule has 64 valence electrons. The van der Waals surface area contributed by atoms with Crippen LogP contribution in [0.15, 0.2) is 18.1 Å². The smallest absolute Gasteiger partial charge is 0.216 e. The summed E-state index contributed by atoms with van der Waals surface area (Å²) >= 11 is 0. The van der Waals surface area contributed by atoms with E-state index in [0.717, 1.165) is 25.9 Å². The zero-order chi connectivity index (χ0) is 8.81. The van der Waals surface area contributed by atoms with Gasteiger partial charge < -0.3 is 9.47 Å². The van der Waals surface area contributed by atoms with Crippen molar-refractivity contribution in [3.05, 3.63) is 18.1 Å². The fourth-order valence-electron chi connectivity index (χ4n) is 1.06. The third-order valence-electron chi connectivity index (χ3n) is 1.68. The second-order valence-electron chi connectivity index (χ2n) is 2.56. The monoisotopic (exact) mass is 164 g/mol. The van der Waals surface area contributed by atoms with Crippen LogP contribution in [-0.4, -0.2) is 12.9 Å². The highest BCUT2D eigenvalue weighted by atomic mass is 16.7. The Morgan fingerprint density at radius 1 is 1.58 bits per heavy atom. The maximum absolute atomic E-state index is 5.31. The Morgan fingerprint density at radius 3 is 2.92 bits per heavy atom. The predicted octanol–water partition coefficient (Wildman–Crippen LogP) is 1.83. The molecule has 1 saturated heterocycles. The van der Waals surface area contributed by atoms with Gasteiger partial charge >= 0.3 is 0 Å². The maximum atomic E-state index is 5.31. The van der Waals surface area contributed by atoms with Gasteiger partial charge in [0.2, 0.25) is 12.0 Å². The molecule has 2 nitrogen and oxygen atoms in total. The van der Waals surface area contributed by atoms with E-state index in [2.05, 4.69) is 18.2 Å². The van der Waals surface area contributed by atoms with Crippen LogP contribution in [0.3, 0.4) is 0 Å². The third kappa shape index (κ3) is 2.47. The number of allylic oxidation sites excluding steroid dienone is 1. The fourth-order valence-corrected chi connectivity index (χ4v) is 1.06. The highest BCUT2D eigenvalue weighted by Gasteiger charge is 2.15. The van der Waals surface area contributed by atoms with Gasteiger partial charge in [-0.05, 0) is 18.8 Å². The molecule has 1 heterocycles. The van der Waals surface area contributed by atoms with Gasteiger partial charge in [0.25, 0.3) is 0 Å². The standard InChI is InChI=1S/C10H12O2/c1-3-9(4-2)12-10-7-5-6-8-11-10/h1,10H,2,5-8H2. The summed E-state index contributed by atoms with van der Waals surface area (Å²) in [6.45, 7) is 4.16. The van der Waals surface area contributed by atoms with Crippen molar-refractivity contribution in [1.82, 2.24) is 0 Å². The highest BCUT2D eigenvalue weighted by molar-refractivity contribution is 5.16. The number of hydrogen-bond acceptors (Lipinski definition) is 2. The van der Waals surface area contributed by atoms with Crippen molar-refractivity contribution < 1.29 is 9.47 Å². The van der Waals surface area contributed by atoms with Crippen LogP contribution in [0.2, 0.25) is 0 Å². The molecule has 1 aliphatic heterocycles. The van der Waals surface area contributed by atoms with Crippen molar-refractivity contribution in [2.24, 2.45) is 0 Å². The Hall–Kier alpha value is -1.16. The molecule has 1 aliphatic rings. The molecule has 12 heavy (non-hydrogen) atoms. The maximum Gasteiger partial charge on any atom is 0.216 e. The molecule has 0 amide bonds. The average molecular weight is 164 g/mol. The van der Waals surface area contributed by atoms with Gasteiger partial charge in [0.1, 0.15) is 0 Å². The molecule has 0 bridgehead atoms. The summed E-state index contributed by atoms with van der Waals surface area (Å²) in [7, 11) is 0. The minimum atomic E-state index is -0.195. The largest absolute Gasteiger partial charge is 0.450 e. The Morgan fingerprint density at radius 2 is 2.42 bits per heavy atom. The second-order valence-corrected chi connectivity index (χ2v) is 2.56. The fraction of sp³-hybridized carbons (Fsp3) is 0.500. The summed E-state index contributed by atoms with van der Waals surface area (Å²) in [6.07, 6.45) is 8.06. The van der Waals surface area contributed by atoms with Crippen molar-refractivity contribution in [3.63, 3.8) is 0 Å².